The summed E-state index contributed by atoms with van der Waals surface area (Å²) in [5.74, 6) is -0.201. The molecule has 2 aromatic carbocycles. The van der Waals surface area contributed by atoms with Gasteiger partial charge in [0.25, 0.3) is 5.91 Å². The monoisotopic (exact) mass is 353 g/mol. The Labute approximate surface area is 153 Å². The highest BCUT2D eigenvalue weighted by atomic mass is 19.1. The number of amides is 1. The molecule has 0 spiro atoms. The van der Waals surface area contributed by atoms with E-state index in [1.807, 2.05) is 35.2 Å². The zero-order chi connectivity index (χ0) is 18.1. The Hall–Kier alpha value is -2.24. The maximum absolute atomic E-state index is 13.5. The summed E-state index contributed by atoms with van der Waals surface area (Å²) < 4.78 is 13.5. The van der Waals surface area contributed by atoms with E-state index in [2.05, 4.69) is 16.8 Å². The molecule has 0 aliphatic carbocycles. The van der Waals surface area contributed by atoms with Gasteiger partial charge in [-0.1, -0.05) is 24.3 Å². The Bertz CT molecular complexity index is 809. The van der Waals surface area contributed by atoms with Crippen LogP contribution in [0.15, 0.2) is 48.5 Å². The molecule has 0 saturated carbocycles. The van der Waals surface area contributed by atoms with Gasteiger partial charge in [0.05, 0.1) is 0 Å². The van der Waals surface area contributed by atoms with Gasteiger partial charge in [0.15, 0.2) is 0 Å². The normalized spacial score (nSPS) is 21.5. The molecule has 0 radical (unpaired) electrons. The highest BCUT2D eigenvalue weighted by molar-refractivity contribution is 5.95. The maximum atomic E-state index is 13.5. The van der Waals surface area contributed by atoms with Crippen molar-refractivity contribution in [2.24, 2.45) is 0 Å². The Kier molecular flexibility index (Phi) is 4.74. The predicted octanol–water partition coefficient (Wildman–Crippen LogP) is 2.56. The summed E-state index contributed by atoms with van der Waals surface area (Å²) in [6.45, 7) is 5.66. The van der Waals surface area contributed by atoms with Crippen LogP contribution in [0.2, 0.25) is 0 Å². The molecule has 4 rings (SSSR count). The van der Waals surface area contributed by atoms with Crippen LogP contribution in [0.1, 0.15) is 10.4 Å². The van der Waals surface area contributed by atoms with Gasteiger partial charge in [-0.25, -0.2) is 4.39 Å². The number of nitrogens with zero attached hydrogens (tertiary/aromatic N) is 3. The first-order valence-corrected chi connectivity index (χ1v) is 9.18. The second-order valence-electron chi connectivity index (χ2n) is 7.29. The van der Waals surface area contributed by atoms with E-state index in [0.717, 1.165) is 50.4 Å². The van der Waals surface area contributed by atoms with Gasteiger partial charge in [0.1, 0.15) is 5.82 Å². The third-order valence-electron chi connectivity index (χ3n) is 5.45. The zero-order valence-electron chi connectivity index (χ0n) is 15.1. The standard InChI is InChI=1S/C21H24FN3O/c1-23-8-9-24-10-11-25(15-20(24)14-23)21(26)18-6-2-4-16(12-18)17-5-3-7-19(22)13-17/h2-7,12-13,20H,8-11,14-15H2,1H3/t20-/m1/s1. The molecule has 0 aromatic heterocycles. The minimum atomic E-state index is -0.267. The fourth-order valence-corrected chi connectivity index (χ4v) is 3.98. The highest BCUT2D eigenvalue weighted by Gasteiger charge is 2.33. The number of piperazine rings is 2. The van der Waals surface area contributed by atoms with Crippen LogP contribution in [-0.4, -0.2) is 73.0 Å². The van der Waals surface area contributed by atoms with Crippen molar-refractivity contribution in [3.63, 3.8) is 0 Å². The number of halogens is 1. The van der Waals surface area contributed by atoms with Crippen molar-refractivity contribution in [3.8, 4) is 11.1 Å². The molecular weight excluding hydrogens is 329 g/mol. The second kappa shape index (κ2) is 7.17. The molecule has 4 nitrogen and oxygen atoms in total. The van der Waals surface area contributed by atoms with E-state index in [4.69, 9.17) is 0 Å². The molecule has 1 amide bonds. The first-order valence-electron chi connectivity index (χ1n) is 9.18. The van der Waals surface area contributed by atoms with Crippen molar-refractivity contribution in [3.05, 3.63) is 59.9 Å². The van der Waals surface area contributed by atoms with Crippen molar-refractivity contribution in [1.29, 1.82) is 0 Å². The number of likely N-dealkylation sites (N-methyl/N-ethyl adjacent to an activating group) is 1. The average molecular weight is 353 g/mol. The smallest absolute Gasteiger partial charge is 0.253 e. The van der Waals surface area contributed by atoms with Gasteiger partial charge < -0.3 is 9.80 Å². The summed E-state index contributed by atoms with van der Waals surface area (Å²) >= 11 is 0. The average Bonchev–Trinajstić information content (AvgIpc) is 2.67. The van der Waals surface area contributed by atoms with Crippen LogP contribution in [0.25, 0.3) is 11.1 Å². The van der Waals surface area contributed by atoms with Crippen LogP contribution in [0.3, 0.4) is 0 Å². The van der Waals surface area contributed by atoms with Crippen LogP contribution in [0.4, 0.5) is 4.39 Å². The Morgan fingerprint density at radius 2 is 1.69 bits per heavy atom. The van der Waals surface area contributed by atoms with E-state index in [0.29, 0.717) is 11.6 Å². The Morgan fingerprint density at radius 3 is 2.50 bits per heavy atom. The van der Waals surface area contributed by atoms with Crippen molar-refractivity contribution in [2.45, 2.75) is 6.04 Å². The van der Waals surface area contributed by atoms with Gasteiger partial charge in [0, 0.05) is 50.9 Å². The molecule has 1 atom stereocenters. The summed E-state index contributed by atoms with van der Waals surface area (Å²) in [5.41, 5.74) is 2.33. The fraction of sp³-hybridized carbons (Fsp3) is 0.381. The molecule has 5 heteroatoms. The number of benzene rings is 2. The first kappa shape index (κ1) is 17.2. The number of carbonyl (C=O) groups excluding carboxylic acids is 1. The summed E-state index contributed by atoms with van der Waals surface area (Å²) in [4.78, 5) is 19.8. The van der Waals surface area contributed by atoms with Gasteiger partial charge in [-0.2, -0.15) is 0 Å². The number of fused-ring (bicyclic) bond motifs is 1. The summed E-state index contributed by atoms with van der Waals surface area (Å²) in [5, 5.41) is 0. The van der Waals surface area contributed by atoms with Crippen molar-refractivity contribution >= 4 is 5.91 Å². The zero-order valence-corrected chi connectivity index (χ0v) is 15.1. The quantitative estimate of drug-likeness (QED) is 0.830. The molecule has 2 aliphatic heterocycles. The lowest BCUT2D eigenvalue weighted by Gasteiger charge is -2.46. The minimum absolute atomic E-state index is 0.0659. The fourth-order valence-electron chi connectivity index (χ4n) is 3.98. The van der Waals surface area contributed by atoms with Crippen LogP contribution in [0.5, 0.6) is 0 Å². The van der Waals surface area contributed by atoms with E-state index < -0.39 is 0 Å². The van der Waals surface area contributed by atoms with Gasteiger partial charge in [-0.15, -0.1) is 0 Å². The highest BCUT2D eigenvalue weighted by Crippen LogP contribution is 2.23. The van der Waals surface area contributed by atoms with E-state index >= 15 is 0 Å². The maximum Gasteiger partial charge on any atom is 0.253 e. The molecule has 0 N–H and O–H groups in total. The number of hydrogen-bond donors (Lipinski definition) is 0. The molecule has 0 bridgehead atoms. The van der Waals surface area contributed by atoms with E-state index in [1.54, 1.807) is 6.07 Å². The Morgan fingerprint density at radius 1 is 0.962 bits per heavy atom. The van der Waals surface area contributed by atoms with Crippen molar-refractivity contribution in [1.82, 2.24) is 14.7 Å². The summed E-state index contributed by atoms with van der Waals surface area (Å²) in [6.07, 6.45) is 0. The van der Waals surface area contributed by atoms with Crippen LogP contribution < -0.4 is 0 Å². The SMILES string of the molecule is CN1CCN2CCN(C(=O)c3cccc(-c4cccc(F)c4)c3)C[C@H]2C1. The Balaban J connectivity index is 1.52. The van der Waals surface area contributed by atoms with Crippen molar-refractivity contribution < 1.29 is 9.18 Å². The predicted molar refractivity (Wildman–Crippen MR) is 101 cm³/mol. The summed E-state index contributed by atoms with van der Waals surface area (Å²) in [7, 11) is 2.14. The third-order valence-corrected chi connectivity index (χ3v) is 5.45. The molecule has 26 heavy (non-hydrogen) atoms. The topological polar surface area (TPSA) is 26.8 Å². The van der Waals surface area contributed by atoms with E-state index in [1.165, 1.54) is 12.1 Å². The molecule has 0 unspecified atom stereocenters. The molecule has 136 valence electrons. The lowest BCUT2D eigenvalue weighted by Crippen LogP contribution is -2.62. The van der Waals surface area contributed by atoms with Crippen molar-refractivity contribution in [2.75, 3.05) is 46.3 Å². The summed E-state index contributed by atoms with van der Waals surface area (Å²) in [6, 6.07) is 14.4. The lowest BCUT2D eigenvalue weighted by atomic mass is 10.0. The first-order chi connectivity index (χ1) is 12.6. The molecule has 2 saturated heterocycles. The molecular formula is C21H24FN3O. The molecule has 2 aliphatic rings. The largest absolute Gasteiger partial charge is 0.336 e. The second-order valence-corrected chi connectivity index (χ2v) is 7.29. The van der Waals surface area contributed by atoms with E-state index in [9.17, 15) is 9.18 Å². The van der Waals surface area contributed by atoms with Crippen LogP contribution in [0, 0.1) is 5.82 Å². The van der Waals surface area contributed by atoms with Gasteiger partial charge in [-0.05, 0) is 42.4 Å². The molecule has 2 fully saturated rings. The van der Waals surface area contributed by atoms with Gasteiger partial charge >= 0.3 is 0 Å². The number of rotatable bonds is 2. The molecule has 2 heterocycles. The number of carbonyl (C=O) groups is 1. The molecule has 2 aromatic rings. The minimum Gasteiger partial charge on any atom is -0.336 e. The number of hydrogen-bond acceptors (Lipinski definition) is 3. The van der Waals surface area contributed by atoms with Crippen LogP contribution in [-0.2, 0) is 0 Å². The van der Waals surface area contributed by atoms with Gasteiger partial charge in [-0.3, -0.25) is 9.69 Å². The van der Waals surface area contributed by atoms with Crippen LogP contribution >= 0.6 is 0 Å². The van der Waals surface area contributed by atoms with E-state index in [-0.39, 0.29) is 11.7 Å². The third kappa shape index (κ3) is 3.50. The van der Waals surface area contributed by atoms with Gasteiger partial charge in [0.2, 0.25) is 0 Å². The lowest BCUT2D eigenvalue weighted by molar-refractivity contribution is 0.0190.